The maximum absolute atomic E-state index is 14.4. The number of carbonyl (C=O) groups excluding carboxylic acids is 6. The third-order valence-electron chi connectivity index (χ3n) is 14.2. The van der Waals surface area contributed by atoms with Gasteiger partial charge in [-0.3, -0.25) is 53.7 Å². The summed E-state index contributed by atoms with van der Waals surface area (Å²) in [4.78, 5) is 84.4. The van der Waals surface area contributed by atoms with Crippen LogP contribution in [0.25, 0.3) is 0 Å². The standard InChI is InChI=1S/C40H44F2N10O6/c1-20(51-19-23(14-43-51)44-35(55)33-28-12-31-39(2,40(31,41)42)13-29(28)46-47-33)21-15-50(16-21)36(56)22-17-49(18-22)24-7-9-48(10-8-24)25-3-4-26-27(11-25)38(58)52(37(26)57)30-5-6-32(53)45-34(30)54/h3-4,11,14,19-22,24,30-31H,5-10,12-13,15-18H2,1-2H3,(H,44,55)(H,46,47)(H,45,53,54)/t20?,30?,31-,39+/m0/s1. The number of imide groups is 2. The molecule has 58 heavy (non-hydrogen) atoms. The van der Waals surface area contributed by atoms with Gasteiger partial charge < -0.3 is 15.1 Å². The molecule has 16 nitrogen and oxygen atoms in total. The van der Waals surface area contributed by atoms with E-state index in [2.05, 4.69) is 35.7 Å². The number of halogens is 2. The van der Waals surface area contributed by atoms with Gasteiger partial charge in [-0.1, -0.05) is 6.92 Å². The zero-order chi connectivity index (χ0) is 40.4. The molecule has 0 bridgehead atoms. The Balaban J connectivity index is 0.670. The van der Waals surface area contributed by atoms with Crippen LogP contribution in [0.5, 0.6) is 0 Å². The second kappa shape index (κ2) is 13.0. The first kappa shape index (κ1) is 36.8. The Hall–Kier alpha value is -5.52. The minimum Gasteiger partial charge on any atom is -0.371 e. The van der Waals surface area contributed by atoms with E-state index in [1.807, 2.05) is 17.9 Å². The molecule has 2 aliphatic carbocycles. The van der Waals surface area contributed by atoms with Gasteiger partial charge in [-0.05, 0) is 50.8 Å². The molecule has 4 atom stereocenters. The van der Waals surface area contributed by atoms with Crippen LogP contribution in [-0.4, -0.2) is 127 Å². The van der Waals surface area contributed by atoms with Crippen molar-refractivity contribution in [3.05, 3.63) is 58.7 Å². The molecule has 18 heteroatoms. The van der Waals surface area contributed by atoms with E-state index in [1.54, 1.807) is 36.1 Å². The number of amides is 6. The molecule has 5 aliphatic heterocycles. The van der Waals surface area contributed by atoms with Crippen LogP contribution in [0.3, 0.4) is 0 Å². The first-order valence-corrected chi connectivity index (χ1v) is 20.1. The van der Waals surface area contributed by atoms with Crippen LogP contribution in [0.1, 0.15) is 88.0 Å². The molecule has 7 aliphatic rings. The molecular formula is C40H44F2N10O6. The van der Waals surface area contributed by atoms with E-state index in [4.69, 9.17) is 0 Å². The van der Waals surface area contributed by atoms with E-state index in [0.717, 1.165) is 49.6 Å². The van der Waals surface area contributed by atoms with Gasteiger partial charge in [-0.15, -0.1) is 0 Å². The summed E-state index contributed by atoms with van der Waals surface area (Å²) >= 11 is 0. The van der Waals surface area contributed by atoms with E-state index in [1.165, 1.54) is 0 Å². The summed E-state index contributed by atoms with van der Waals surface area (Å²) in [5.74, 6) is -5.72. The minimum atomic E-state index is -2.74. The fourth-order valence-corrected chi connectivity index (χ4v) is 10.2. The third kappa shape index (κ3) is 5.61. The molecule has 6 amide bonds. The lowest BCUT2D eigenvalue weighted by atomic mass is 9.87. The number of nitrogens with zero attached hydrogens (tertiary/aromatic N) is 7. The number of carbonyl (C=O) groups is 6. The molecule has 5 fully saturated rings. The normalized spacial score (nSPS) is 27.7. The van der Waals surface area contributed by atoms with Crippen LogP contribution in [-0.2, 0) is 27.2 Å². The number of nitrogens with one attached hydrogen (secondary N) is 3. The molecule has 4 saturated heterocycles. The van der Waals surface area contributed by atoms with Crippen molar-refractivity contribution < 1.29 is 37.5 Å². The molecule has 7 heterocycles. The molecule has 10 rings (SSSR count). The topological polar surface area (TPSA) is 186 Å². The second-order valence-corrected chi connectivity index (χ2v) is 17.5. The molecule has 2 unspecified atom stereocenters. The van der Waals surface area contributed by atoms with Gasteiger partial charge in [-0.2, -0.15) is 10.2 Å². The summed E-state index contributed by atoms with van der Waals surface area (Å²) < 4.78 is 30.5. The Morgan fingerprint density at radius 1 is 1.00 bits per heavy atom. The average Bonchev–Trinajstić information content (AvgIpc) is 3.67. The van der Waals surface area contributed by atoms with Crippen LogP contribution >= 0.6 is 0 Å². The Bertz CT molecular complexity index is 2290. The van der Waals surface area contributed by atoms with Gasteiger partial charge in [0.15, 0.2) is 5.69 Å². The lowest BCUT2D eigenvalue weighted by Crippen LogP contribution is -2.63. The maximum atomic E-state index is 14.4. The highest BCUT2D eigenvalue weighted by atomic mass is 19.3. The van der Waals surface area contributed by atoms with Crippen molar-refractivity contribution in [2.45, 2.75) is 76.4 Å². The van der Waals surface area contributed by atoms with Crippen molar-refractivity contribution in [1.82, 2.24) is 40.0 Å². The van der Waals surface area contributed by atoms with Gasteiger partial charge in [-0.25, -0.2) is 8.78 Å². The van der Waals surface area contributed by atoms with Crippen LogP contribution < -0.4 is 15.5 Å². The maximum Gasteiger partial charge on any atom is 0.276 e. The van der Waals surface area contributed by atoms with Crippen LogP contribution in [0.15, 0.2) is 30.6 Å². The minimum absolute atomic E-state index is 0.0146. The summed E-state index contributed by atoms with van der Waals surface area (Å²) in [6, 6.07) is 4.55. The molecule has 304 valence electrons. The van der Waals surface area contributed by atoms with E-state index in [9.17, 15) is 37.5 Å². The molecular weight excluding hydrogens is 754 g/mol. The number of aromatic amines is 1. The van der Waals surface area contributed by atoms with Crippen molar-refractivity contribution in [3.8, 4) is 0 Å². The SMILES string of the molecule is CC(C1CN(C(=O)C2CN(C3CCN(c4ccc5c(c4)C(=O)N(C4CCC(=O)NC4=O)C5=O)CC3)C2)C1)n1cc(NC(=O)c2n[nH]c3c2C[C@@H]2C(F)(F)[C@]2(C)C3)cn1. The zero-order valence-electron chi connectivity index (χ0n) is 32.2. The van der Waals surface area contributed by atoms with Gasteiger partial charge in [0.25, 0.3) is 23.6 Å². The van der Waals surface area contributed by atoms with Crippen molar-refractivity contribution in [2.75, 3.05) is 49.5 Å². The molecule has 1 saturated carbocycles. The monoisotopic (exact) mass is 798 g/mol. The second-order valence-electron chi connectivity index (χ2n) is 17.5. The smallest absolute Gasteiger partial charge is 0.276 e. The van der Waals surface area contributed by atoms with Crippen molar-refractivity contribution in [1.29, 1.82) is 0 Å². The average molecular weight is 799 g/mol. The van der Waals surface area contributed by atoms with Gasteiger partial charge in [0.05, 0.1) is 35.0 Å². The fraction of sp³-hybridized carbons (Fsp3) is 0.550. The molecule has 2 aromatic heterocycles. The number of fused-ring (bicyclic) bond motifs is 3. The predicted octanol–water partition coefficient (Wildman–Crippen LogP) is 2.25. The number of hydrogen-bond acceptors (Lipinski definition) is 10. The molecule has 1 aromatic carbocycles. The van der Waals surface area contributed by atoms with Gasteiger partial charge in [0, 0.05) is 98.5 Å². The number of rotatable bonds is 8. The van der Waals surface area contributed by atoms with Crippen molar-refractivity contribution in [3.63, 3.8) is 0 Å². The molecule has 3 N–H and O–H groups in total. The highest BCUT2D eigenvalue weighted by Gasteiger charge is 2.78. The fourth-order valence-electron chi connectivity index (χ4n) is 10.2. The molecule has 0 spiro atoms. The Labute approximate surface area is 331 Å². The largest absolute Gasteiger partial charge is 0.371 e. The first-order valence-electron chi connectivity index (χ1n) is 20.1. The summed E-state index contributed by atoms with van der Waals surface area (Å²) in [6.45, 7) is 7.83. The van der Waals surface area contributed by atoms with Crippen molar-refractivity contribution in [2.24, 2.45) is 23.2 Å². The van der Waals surface area contributed by atoms with Gasteiger partial charge >= 0.3 is 0 Å². The summed E-state index contributed by atoms with van der Waals surface area (Å²) in [5, 5.41) is 16.5. The van der Waals surface area contributed by atoms with E-state index in [-0.39, 0.29) is 66.3 Å². The number of hydrogen-bond donors (Lipinski definition) is 3. The molecule has 3 aromatic rings. The lowest BCUT2D eigenvalue weighted by Gasteiger charge is -2.50. The van der Waals surface area contributed by atoms with Crippen LogP contribution in [0, 0.1) is 23.2 Å². The number of benzene rings is 1. The van der Waals surface area contributed by atoms with Gasteiger partial charge in [0.1, 0.15) is 6.04 Å². The van der Waals surface area contributed by atoms with E-state index in [0.29, 0.717) is 36.1 Å². The third-order valence-corrected chi connectivity index (χ3v) is 14.2. The summed E-state index contributed by atoms with van der Waals surface area (Å²) in [5.41, 5.74) is 2.09. The van der Waals surface area contributed by atoms with E-state index >= 15 is 0 Å². The number of likely N-dealkylation sites (tertiary alicyclic amines) is 2. The summed E-state index contributed by atoms with van der Waals surface area (Å²) in [7, 11) is 0. The Morgan fingerprint density at radius 2 is 1.74 bits per heavy atom. The van der Waals surface area contributed by atoms with Crippen LogP contribution in [0.4, 0.5) is 20.2 Å². The highest BCUT2D eigenvalue weighted by molar-refractivity contribution is 6.23. The highest BCUT2D eigenvalue weighted by Crippen LogP contribution is 2.70. The van der Waals surface area contributed by atoms with Crippen molar-refractivity contribution >= 4 is 46.8 Å². The number of alkyl halides is 2. The zero-order valence-corrected chi connectivity index (χ0v) is 32.2. The van der Waals surface area contributed by atoms with E-state index < -0.39 is 52.8 Å². The Morgan fingerprint density at radius 3 is 2.48 bits per heavy atom. The first-order chi connectivity index (χ1) is 27.7. The number of anilines is 2. The predicted molar refractivity (Wildman–Crippen MR) is 201 cm³/mol. The molecule has 0 radical (unpaired) electrons. The number of piperidine rings is 2. The Kier molecular flexibility index (Phi) is 8.24. The van der Waals surface area contributed by atoms with Gasteiger partial charge in [0.2, 0.25) is 17.7 Å². The quantitative estimate of drug-likeness (QED) is 0.286. The summed E-state index contributed by atoms with van der Waals surface area (Å²) in [6.07, 6.45) is 5.57. The number of aromatic nitrogens is 4. The number of H-pyrrole nitrogens is 1. The van der Waals surface area contributed by atoms with Crippen LogP contribution in [0.2, 0.25) is 0 Å². The lowest BCUT2D eigenvalue weighted by molar-refractivity contribution is -0.150.